The summed E-state index contributed by atoms with van der Waals surface area (Å²) in [5, 5.41) is 16.7. The van der Waals surface area contributed by atoms with Gasteiger partial charge in [-0.2, -0.15) is 5.10 Å². The van der Waals surface area contributed by atoms with Crippen molar-refractivity contribution in [3.63, 3.8) is 0 Å². The summed E-state index contributed by atoms with van der Waals surface area (Å²) in [5.74, 6) is 0.428. The molecule has 7 nitrogen and oxygen atoms in total. The van der Waals surface area contributed by atoms with E-state index in [1.807, 2.05) is 13.2 Å². The van der Waals surface area contributed by atoms with Crippen LogP contribution < -0.4 is 0 Å². The molecule has 152 valence electrons. The number of hydrogen-bond donors (Lipinski definition) is 2. The van der Waals surface area contributed by atoms with Crippen LogP contribution >= 0.6 is 0 Å². The van der Waals surface area contributed by atoms with E-state index in [0.717, 1.165) is 45.1 Å². The van der Waals surface area contributed by atoms with E-state index < -0.39 is 6.09 Å². The molecule has 0 spiro atoms. The lowest BCUT2D eigenvalue weighted by molar-refractivity contribution is -0.149. The Morgan fingerprint density at radius 1 is 1.26 bits per heavy atom. The summed E-state index contributed by atoms with van der Waals surface area (Å²) >= 11 is 0. The third-order valence-electron chi connectivity index (χ3n) is 6.72. The summed E-state index contributed by atoms with van der Waals surface area (Å²) in [5.41, 5.74) is 2.44. The van der Waals surface area contributed by atoms with Gasteiger partial charge in [0, 0.05) is 44.4 Å². The number of aromatic amines is 1. The van der Waals surface area contributed by atoms with Gasteiger partial charge in [0.05, 0.1) is 16.9 Å². The number of fused-ring (bicyclic) bond motifs is 2. The van der Waals surface area contributed by atoms with Gasteiger partial charge >= 0.3 is 6.09 Å². The highest BCUT2D eigenvalue weighted by Crippen LogP contribution is 2.55. The molecule has 3 atom stereocenters. The molecule has 0 aliphatic carbocycles. The molecular weight excluding hydrogens is 344 g/mol. The Bertz CT molecular complexity index is 643. The largest absolute Gasteiger partial charge is 0.465 e. The number of aromatic nitrogens is 2. The Morgan fingerprint density at radius 3 is 2.44 bits per heavy atom. The van der Waals surface area contributed by atoms with Crippen molar-refractivity contribution in [2.45, 2.75) is 76.0 Å². The zero-order valence-electron chi connectivity index (χ0n) is 17.1. The lowest BCUT2D eigenvalue weighted by Crippen LogP contribution is -2.43. The number of amides is 1. The van der Waals surface area contributed by atoms with Crippen molar-refractivity contribution in [2.24, 2.45) is 0 Å². The highest BCUT2D eigenvalue weighted by atomic mass is 16.5. The average molecular weight is 379 g/mol. The molecule has 7 heteroatoms. The number of hydrogen-bond acceptors (Lipinski definition) is 4. The third-order valence-corrected chi connectivity index (χ3v) is 6.72. The number of nitrogens with one attached hydrogen (secondary N) is 1. The van der Waals surface area contributed by atoms with Gasteiger partial charge in [-0.05, 0) is 45.6 Å². The lowest BCUT2D eigenvalue weighted by Gasteiger charge is -2.43. The molecule has 2 fully saturated rings. The molecule has 27 heavy (non-hydrogen) atoms. The summed E-state index contributed by atoms with van der Waals surface area (Å²) in [6.07, 6.45) is 7.66. The Kier molecular flexibility index (Phi) is 5.82. The second-order valence-electron chi connectivity index (χ2n) is 8.52. The minimum absolute atomic E-state index is 0.0191. The fraction of sp³-hybridized carbons (Fsp3) is 0.800. The van der Waals surface area contributed by atoms with Crippen LogP contribution in [0.5, 0.6) is 0 Å². The Morgan fingerprint density at radius 2 is 1.89 bits per heavy atom. The first-order valence-corrected chi connectivity index (χ1v) is 10.2. The van der Waals surface area contributed by atoms with Crippen LogP contribution in [0.2, 0.25) is 0 Å². The van der Waals surface area contributed by atoms with E-state index in [0.29, 0.717) is 19.0 Å². The third kappa shape index (κ3) is 4.14. The zero-order valence-corrected chi connectivity index (χ0v) is 17.1. The predicted molar refractivity (Wildman–Crippen MR) is 104 cm³/mol. The fourth-order valence-electron chi connectivity index (χ4n) is 4.85. The molecule has 0 saturated carbocycles. The van der Waals surface area contributed by atoms with Crippen LogP contribution in [0, 0.1) is 0 Å². The lowest BCUT2D eigenvalue weighted by atomic mass is 9.79. The molecule has 2 saturated heterocycles. The molecule has 1 aromatic rings. The number of nitrogens with zero attached hydrogens (tertiary/aromatic N) is 3. The molecule has 3 rings (SSSR count). The molecule has 3 heterocycles. The van der Waals surface area contributed by atoms with Gasteiger partial charge in [0.25, 0.3) is 0 Å². The van der Waals surface area contributed by atoms with Crippen molar-refractivity contribution in [1.29, 1.82) is 0 Å². The van der Waals surface area contributed by atoms with Gasteiger partial charge in [-0.1, -0.05) is 13.8 Å². The second kappa shape index (κ2) is 7.80. The van der Waals surface area contributed by atoms with Crippen LogP contribution in [0.25, 0.3) is 0 Å². The first-order chi connectivity index (χ1) is 12.8. The minimum Gasteiger partial charge on any atom is -0.465 e. The summed E-state index contributed by atoms with van der Waals surface area (Å²) < 4.78 is 6.60. The molecule has 2 N–H and O–H groups in total. The van der Waals surface area contributed by atoms with Gasteiger partial charge in [-0.3, -0.25) is 5.10 Å². The fourth-order valence-corrected chi connectivity index (χ4v) is 4.85. The van der Waals surface area contributed by atoms with Gasteiger partial charge < -0.3 is 19.6 Å². The number of carboxylic acid groups (broad SMARTS) is 1. The van der Waals surface area contributed by atoms with Gasteiger partial charge in [0.15, 0.2) is 0 Å². The zero-order chi connectivity index (χ0) is 19.7. The maximum atomic E-state index is 11.0. The van der Waals surface area contributed by atoms with Gasteiger partial charge in [0.2, 0.25) is 0 Å². The van der Waals surface area contributed by atoms with Crippen molar-refractivity contribution < 1.29 is 14.6 Å². The van der Waals surface area contributed by atoms with Crippen LogP contribution in [-0.2, 0) is 11.3 Å². The molecule has 0 aromatic carbocycles. The highest BCUT2D eigenvalue weighted by molar-refractivity contribution is 5.64. The second-order valence-corrected chi connectivity index (χ2v) is 8.52. The molecule has 2 aliphatic rings. The molecule has 2 bridgehead atoms. The van der Waals surface area contributed by atoms with E-state index >= 15 is 0 Å². The maximum Gasteiger partial charge on any atom is 0.407 e. The molecular formula is C20H34N4O3. The number of rotatable bonds is 8. The number of H-pyrrole nitrogens is 1. The van der Waals surface area contributed by atoms with Crippen LogP contribution in [0.4, 0.5) is 4.79 Å². The van der Waals surface area contributed by atoms with Gasteiger partial charge in [0.1, 0.15) is 0 Å². The molecule has 1 aromatic heterocycles. The summed E-state index contributed by atoms with van der Waals surface area (Å²) in [4.78, 5) is 14.4. The van der Waals surface area contributed by atoms with E-state index in [9.17, 15) is 4.79 Å². The molecule has 2 aliphatic heterocycles. The van der Waals surface area contributed by atoms with E-state index in [1.54, 1.807) is 7.05 Å². The predicted octanol–water partition coefficient (Wildman–Crippen LogP) is 3.44. The van der Waals surface area contributed by atoms with E-state index in [4.69, 9.17) is 9.84 Å². The Hall–Kier alpha value is -1.60. The molecule has 0 radical (unpaired) electrons. The molecule has 1 unspecified atom stereocenters. The van der Waals surface area contributed by atoms with Crippen molar-refractivity contribution in [3.05, 3.63) is 17.5 Å². The Balaban J connectivity index is 1.68. The average Bonchev–Trinajstić information content (AvgIpc) is 3.22. The normalized spacial score (nSPS) is 30.0. The number of ether oxygens (including phenoxy) is 1. The van der Waals surface area contributed by atoms with Gasteiger partial charge in [-0.25, -0.2) is 4.79 Å². The SMILES string of the molecule is CC[C@]12CC[C@](CC)(CC(c3n[nH]cc3CN(C)CCN(C)C(=O)O)C1)O2. The number of carbonyl (C=O) groups is 1. The first kappa shape index (κ1) is 20.1. The van der Waals surface area contributed by atoms with Gasteiger partial charge in [-0.15, -0.1) is 0 Å². The highest BCUT2D eigenvalue weighted by Gasteiger charge is 2.54. The summed E-state index contributed by atoms with van der Waals surface area (Å²) in [7, 11) is 3.63. The summed E-state index contributed by atoms with van der Waals surface area (Å²) in [6.45, 7) is 6.45. The minimum atomic E-state index is -0.889. The first-order valence-electron chi connectivity index (χ1n) is 10.2. The van der Waals surface area contributed by atoms with Crippen LogP contribution in [0.3, 0.4) is 0 Å². The Labute approximate surface area is 162 Å². The van der Waals surface area contributed by atoms with Crippen molar-refractivity contribution in [1.82, 2.24) is 20.0 Å². The van der Waals surface area contributed by atoms with Crippen LogP contribution in [0.1, 0.15) is 69.5 Å². The standard InChI is InChI=1S/C20H34N4O3/c1-5-19-7-8-20(6-2,27-19)12-15(11-19)17-16(13-21-22-17)14-23(3)9-10-24(4)18(25)26/h13,15H,5-12,14H2,1-4H3,(H,21,22)(H,25,26)/t15?,19-,20+. The van der Waals surface area contributed by atoms with Crippen molar-refractivity contribution >= 4 is 6.09 Å². The van der Waals surface area contributed by atoms with Crippen LogP contribution in [0.15, 0.2) is 6.20 Å². The van der Waals surface area contributed by atoms with Crippen LogP contribution in [-0.4, -0.2) is 69.6 Å². The van der Waals surface area contributed by atoms with Crippen molar-refractivity contribution in [3.8, 4) is 0 Å². The van der Waals surface area contributed by atoms with E-state index in [2.05, 4.69) is 28.9 Å². The molecule has 1 amide bonds. The quantitative estimate of drug-likeness (QED) is 0.724. The smallest absolute Gasteiger partial charge is 0.407 e. The maximum absolute atomic E-state index is 11.0. The van der Waals surface area contributed by atoms with E-state index in [-0.39, 0.29) is 11.2 Å². The summed E-state index contributed by atoms with van der Waals surface area (Å²) in [6, 6.07) is 0. The van der Waals surface area contributed by atoms with Crippen molar-refractivity contribution in [2.75, 3.05) is 27.2 Å². The topological polar surface area (TPSA) is 81.7 Å². The monoisotopic (exact) mass is 378 g/mol. The number of likely N-dealkylation sites (N-methyl/N-ethyl adjacent to an activating group) is 2. The van der Waals surface area contributed by atoms with E-state index in [1.165, 1.54) is 16.2 Å².